The van der Waals surface area contributed by atoms with Crippen molar-refractivity contribution >= 4 is 23.2 Å². The van der Waals surface area contributed by atoms with Gasteiger partial charge in [0.05, 0.1) is 22.6 Å². The van der Waals surface area contributed by atoms with E-state index in [9.17, 15) is 4.79 Å². The van der Waals surface area contributed by atoms with Crippen molar-refractivity contribution in [2.45, 2.75) is 31.6 Å². The number of piperidine rings is 1. The molecule has 0 aliphatic carbocycles. The van der Waals surface area contributed by atoms with E-state index in [1.165, 1.54) is 0 Å². The van der Waals surface area contributed by atoms with Gasteiger partial charge in [-0.2, -0.15) is 0 Å². The van der Waals surface area contributed by atoms with Crippen molar-refractivity contribution < 1.29 is 9.53 Å². The molecule has 0 N–H and O–H groups in total. The Morgan fingerprint density at radius 2 is 2.00 bits per heavy atom. The van der Waals surface area contributed by atoms with Crippen LogP contribution >= 0.6 is 11.6 Å². The number of hydrogen-bond donors (Lipinski definition) is 0. The molecule has 156 valence electrons. The fourth-order valence-electron chi connectivity index (χ4n) is 4.59. The summed E-state index contributed by atoms with van der Waals surface area (Å²) in [4.78, 5) is 24.5. The molecule has 2 saturated heterocycles. The SMILES string of the molecule is O=C(C1CCOCC1)N1CCCC(c2cccc(-c3cnc4ccc(Cl)cn34)n2)C1. The summed E-state index contributed by atoms with van der Waals surface area (Å²) in [7, 11) is 0. The van der Waals surface area contributed by atoms with Gasteiger partial charge in [0.1, 0.15) is 5.65 Å². The second kappa shape index (κ2) is 8.36. The van der Waals surface area contributed by atoms with E-state index >= 15 is 0 Å². The van der Waals surface area contributed by atoms with Crippen molar-refractivity contribution in [3.63, 3.8) is 0 Å². The van der Waals surface area contributed by atoms with Crippen molar-refractivity contribution in [2.75, 3.05) is 26.3 Å². The highest BCUT2D eigenvalue weighted by Gasteiger charge is 2.31. The van der Waals surface area contributed by atoms with Crippen molar-refractivity contribution in [1.29, 1.82) is 0 Å². The minimum absolute atomic E-state index is 0.111. The molecule has 1 unspecified atom stereocenters. The summed E-state index contributed by atoms with van der Waals surface area (Å²) < 4.78 is 7.39. The Bertz CT molecular complexity index is 1060. The quantitative estimate of drug-likeness (QED) is 0.632. The number of fused-ring (bicyclic) bond motifs is 1. The van der Waals surface area contributed by atoms with Gasteiger partial charge in [0, 0.05) is 50.0 Å². The molecule has 6 nitrogen and oxygen atoms in total. The Morgan fingerprint density at radius 3 is 2.87 bits per heavy atom. The molecule has 7 heteroatoms. The standard InChI is InChI=1S/C23H25ClN4O2/c24-18-6-7-22-25-13-21(28(22)15-18)20-5-1-4-19(26-20)17-3-2-10-27(14-17)23(29)16-8-11-30-12-9-16/h1,4-7,13,15-17H,2-3,8-12,14H2. The normalized spacial score (nSPS) is 20.6. The first-order valence-electron chi connectivity index (χ1n) is 10.7. The maximum atomic E-state index is 13.0. The molecule has 0 spiro atoms. The zero-order chi connectivity index (χ0) is 20.5. The third kappa shape index (κ3) is 3.82. The van der Waals surface area contributed by atoms with E-state index in [-0.39, 0.29) is 17.7 Å². The monoisotopic (exact) mass is 424 g/mol. The maximum Gasteiger partial charge on any atom is 0.225 e. The summed E-state index contributed by atoms with van der Waals surface area (Å²) >= 11 is 6.18. The number of halogens is 1. The Labute approximate surface area is 180 Å². The second-order valence-electron chi connectivity index (χ2n) is 8.18. The van der Waals surface area contributed by atoms with Gasteiger partial charge in [-0.05, 0) is 49.9 Å². The van der Waals surface area contributed by atoms with Crippen LogP contribution in [0.25, 0.3) is 17.0 Å². The molecule has 1 amide bonds. The van der Waals surface area contributed by atoms with Crippen LogP contribution in [-0.4, -0.2) is 51.5 Å². The van der Waals surface area contributed by atoms with E-state index in [0.29, 0.717) is 18.2 Å². The van der Waals surface area contributed by atoms with Crippen LogP contribution in [0.5, 0.6) is 0 Å². The lowest BCUT2D eigenvalue weighted by Crippen LogP contribution is -2.43. The van der Waals surface area contributed by atoms with Crippen LogP contribution in [0.15, 0.2) is 42.7 Å². The van der Waals surface area contributed by atoms with E-state index in [1.807, 2.05) is 46.0 Å². The molecule has 3 aromatic rings. The van der Waals surface area contributed by atoms with Gasteiger partial charge in [-0.25, -0.2) is 4.98 Å². The average Bonchev–Trinajstić information content (AvgIpc) is 3.22. The molecule has 0 bridgehead atoms. The molecule has 0 aromatic carbocycles. The summed E-state index contributed by atoms with van der Waals surface area (Å²) in [6, 6.07) is 9.86. The predicted octanol–water partition coefficient (Wildman–Crippen LogP) is 4.18. The first-order valence-corrected chi connectivity index (χ1v) is 11.0. The van der Waals surface area contributed by atoms with Crippen molar-refractivity contribution in [3.8, 4) is 11.4 Å². The number of amides is 1. The molecule has 3 aromatic heterocycles. The number of carbonyl (C=O) groups excluding carboxylic acids is 1. The van der Waals surface area contributed by atoms with Crippen LogP contribution < -0.4 is 0 Å². The van der Waals surface area contributed by atoms with Crippen LogP contribution in [-0.2, 0) is 9.53 Å². The van der Waals surface area contributed by atoms with Crippen molar-refractivity contribution in [1.82, 2.24) is 19.3 Å². The number of pyridine rings is 2. The molecule has 0 radical (unpaired) electrons. The summed E-state index contributed by atoms with van der Waals surface area (Å²) in [5.74, 6) is 0.653. The molecule has 2 aliphatic heterocycles. The summed E-state index contributed by atoms with van der Waals surface area (Å²) in [5.41, 5.74) is 3.66. The number of nitrogens with zero attached hydrogens (tertiary/aromatic N) is 4. The number of aromatic nitrogens is 3. The Morgan fingerprint density at radius 1 is 1.13 bits per heavy atom. The van der Waals surface area contributed by atoms with Crippen LogP contribution in [0.4, 0.5) is 0 Å². The fourth-order valence-corrected chi connectivity index (χ4v) is 4.75. The molecule has 2 aliphatic rings. The van der Waals surface area contributed by atoms with Gasteiger partial charge >= 0.3 is 0 Å². The zero-order valence-electron chi connectivity index (χ0n) is 16.8. The molecule has 5 rings (SSSR count). The van der Waals surface area contributed by atoms with Crippen molar-refractivity contribution in [2.24, 2.45) is 5.92 Å². The largest absolute Gasteiger partial charge is 0.381 e. The minimum atomic E-state index is 0.111. The topological polar surface area (TPSA) is 59.7 Å². The number of likely N-dealkylation sites (tertiary alicyclic amines) is 1. The Balaban J connectivity index is 1.38. The van der Waals surface area contributed by atoms with Crippen molar-refractivity contribution in [3.05, 3.63) is 53.4 Å². The van der Waals surface area contributed by atoms with E-state index in [2.05, 4.69) is 11.1 Å². The van der Waals surface area contributed by atoms with Gasteiger partial charge in [0.2, 0.25) is 5.91 Å². The maximum absolute atomic E-state index is 13.0. The van der Waals surface area contributed by atoms with Gasteiger partial charge in [0.25, 0.3) is 0 Å². The minimum Gasteiger partial charge on any atom is -0.381 e. The molecule has 0 saturated carbocycles. The third-order valence-electron chi connectivity index (χ3n) is 6.22. The number of rotatable bonds is 3. The summed E-state index contributed by atoms with van der Waals surface area (Å²) in [6.45, 7) is 2.98. The van der Waals surface area contributed by atoms with Gasteiger partial charge in [-0.15, -0.1) is 0 Å². The van der Waals surface area contributed by atoms with Crippen LogP contribution in [0.2, 0.25) is 5.02 Å². The molecular weight excluding hydrogens is 400 g/mol. The highest BCUT2D eigenvalue weighted by molar-refractivity contribution is 6.30. The number of hydrogen-bond acceptors (Lipinski definition) is 4. The lowest BCUT2D eigenvalue weighted by Gasteiger charge is -2.35. The number of ether oxygens (including phenoxy) is 1. The van der Waals surface area contributed by atoms with Crippen LogP contribution in [0.3, 0.4) is 0 Å². The van der Waals surface area contributed by atoms with E-state index in [4.69, 9.17) is 21.3 Å². The Kier molecular flexibility index (Phi) is 5.44. The molecule has 2 fully saturated rings. The van der Waals surface area contributed by atoms with Gasteiger partial charge in [0.15, 0.2) is 0 Å². The van der Waals surface area contributed by atoms with Crippen LogP contribution in [0.1, 0.15) is 37.3 Å². The fraction of sp³-hybridized carbons (Fsp3) is 0.435. The summed E-state index contributed by atoms with van der Waals surface area (Å²) in [5, 5.41) is 0.660. The lowest BCUT2D eigenvalue weighted by molar-refractivity contribution is -0.139. The lowest BCUT2D eigenvalue weighted by atomic mass is 9.91. The average molecular weight is 425 g/mol. The third-order valence-corrected chi connectivity index (χ3v) is 6.45. The zero-order valence-corrected chi connectivity index (χ0v) is 17.6. The van der Waals surface area contributed by atoms with Gasteiger partial charge in [-0.1, -0.05) is 17.7 Å². The first kappa shape index (κ1) is 19.5. The highest BCUT2D eigenvalue weighted by Crippen LogP contribution is 2.30. The molecule has 5 heterocycles. The van der Waals surface area contributed by atoms with E-state index in [1.54, 1.807) is 0 Å². The molecular formula is C23H25ClN4O2. The second-order valence-corrected chi connectivity index (χ2v) is 8.61. The van der Waals surface area contributed by atoms with E-state index < -0.39 is 0 Å². The van der Waals surface area contributed by atoms with Crippen LogP contribution in [0, 0.1) is 5.92 Å². The predicted molar refractivity (Wildman–Crippen MR) is 116 cm³/mol. The number of carbonyl (C=O) groups is 1. The highest BCUT2D eigenvalue weighted by atomic mass is 35.5. The summed E-state index contributed by atoms with van der Waals surface area (Å²) in [6.07, 6.45) is 7.43. The number of imidazole rings is 1. The van der Waals surface area contributed by atoms with Gasteiger partial charge < -0.3 is 9.64 Å². The van der Waals surface area contributed by atoms with Gasteiger partial charge in [-0.3, -0.25) is 14.2 Å². The van der Waals surface area contributed by atoms with E-state index in [0.717, 1.165) is 61.5 Å². The Hall–Kier alpha value is -2.44. The molecule has 1 atom stereocenters. The first-order chi connectivity index (χ1) is 14.7. The molecule has 30 heavy (non-hydrogen) atoms. The smallest absolute Gasteiger partial charge is 0.225 e.